The summed E-state index contributed by atoms with van der Waals surface area (Å²) in [6, 6.07) is 44.8. The van der Waals surface area contributed by atoms with Crippen LogP contribution in [0.1, 0.15) is 86.5 Å². The third-order valence-electron chi connectivity index (χ3n) is 10.5. The maximum atomic E-state index is 7.08. The van der Waals surface area contributed by atoms with E-state index in [-0.39, 0.29) is 0 Å². The molecule has 43 heavy (non-hydrogen) atoms. The Morgan fingerprint density at radius 2 is 0.698 bits per heavy atom. The van der Waals surface area contributed by atoms with Crippen LogP contribution in [0.25, 0.3) is 0 Å². The maximum Gasteiger partial charge on any atom is 0.0579 e. The van der Waals surface area contributed by atoms with E-state index >= 15 is 0 Å². The molecule has 0 saturated heterocycles. The first-order valence-electron chi connectivity index (χ1n) is 17.0. The number of ether oxygens (including phenoxy) is 1. The van der Waals surface area contributed by atoms with Crippen LogP contribution in [0.2, 0.25) is 0 Å². The van der Waals surface area contributed by atoms with Gasteiger partial charge in [0.2, 0.25) is 0 Å². The van der Waals surface area contributed by atoms with Crippen molar-refractivity contribution in [2.24, 2.45) is 10.8 Å². The minimum Gasteiger partial charge on any atom is -0.375 e. The van der Waals surface area contributed by atoms with Gasteiger partial charge in [0.25, 0.3) is 0 Å². The molecular formula is C42H50O. The van der Waals surface area contributed by atoms with Crippen LogP contribution in [0.4, 0.5) is 0 Å². The zero-order valence-corrected chi connectivity index (χ0v) is 26.0. The smallest absolute Gasteiger partial charge is 0.0579 e. The van der Waals surface area contributed by atoms with Gasteiger partial charge in [-0.05, 0) is 110 Å². The minimum atomic E-state index is 0.310. The Morgan fingerprint density at radius 1 is 0.395 bits per heavy atom. The van der Waals surface area contributed by atoms with E-state index in [1.54, 1.807) is 0 Å². The number of rotatable bonds is 10. The van der Waals surface area contributed by atoms with Crippen LogP contribution in [0.5, 0.6) is 0 Å². The molecule has 2 unspecified atom stereocenters. The SMILES string of the molecule is c1ccc(CC2(Cc3ccccc3)CCCC(OC3CCCC(Cc4ccccc4)(Cc4ccccc4)CC3)CC2)cc1. The van der Waals surface area contributed by atoms with Crippen LogP contribution in [-0.4, -0.2) is 12.2 Å². The summed E-state index contributed by atoms with van der Waals surface area (Å²) in [6.45, 7) is 0. The average Bonchev–Trinajstić information content (AvgIpc) is 3.35. The van der Waals surface area contributed by atoms with E-state index in [0.717, 1.165) is 0 Å². The lowest BCUT2D eigenvalue weighted by molar-refractivity contribution is -0.0289. The molecule has 4 aromatic carbocycles. The van der Waals surface area contributed by atoms with Crippen molar-refractivity contribution >= 4 is 0 Å². The zero-order valence-electron chi connectivity index (χ0n) is 26.0. The Bertz CT molecular complexity index is 1160. The molecule has 2 aliphatic carbocycles. The van der Waals surface area contributed by atoms with Gasteiger partial charge in [-0.3, -0.25) is 0 Å². The third kappa shape index (κ3) is 8.48. The zero-order chi connectivity index (χ0) is 29.2. The fourth-order valence-corrected chi connectivity index (χ4v) is 8.37. The van der Waals surface area contributed by atoms with Gasteiger partial charge in [-0.25, -0.2) is 0 Å². The van der Waals surface area contributed by atoms with E-state index in [2.05, 4.69) is 121 Å². The highest BCUT2D eigenvalue weighted by atomic mass is 16.5. The topological polar surface area (TPSA) is 9.23 Å². The monoisotopic (exact) mass is 570 g/mol. The van der Waals surface area contributed by atoms with Gasteiger partial charge in [0.15, 0.2) is 0 Å². The molecule has 2 fully saturated rings. The van der Waals surface area contributed by atoms with Crippen LogP contribution in [0.3, 0.4) is 0 Å². The van der Waals surface area contributed by atoms with Crippen molar-refractivity contribution in [2.75, 3.05) is 0 Å². The molecule has 0 aliphatic heterocycles. The van der Waals surface area contributed by atoms with Gasteiger partial charge in [-0.15, -0.1) is 0 Å². The van der Waals surface area contributed by atoms with Crippen molar-refractivity contribution in [1.82, 2.24) is 0 Å². The van der Waals surface area contributed by atoms with Crippen molar-refractivity contribution in [1.29, 1.82) is 0 Å². The van der Waals surface area contributed by atoms with Crippen molar-refractivity contribution in [3.8, 4) is 0 Å². The average molecular weight is 571 g/mol. The fraction of sp³-hybridized carbons (Fsp3) is 0.429. The first-order valence-corrected chi connectivity index (χ1v) is 17.0. The quantitative estimate of drug-likeness (QED) is 0.172. The summed E-state index contributed by atoms with van der Waals surface area (Å²) >= 11 is 0. The maximum absolute atomic E-state index is 7.08. The van der Waals surface area contributed by atoms with E-state index in [1.807, 2.05) is 0 Å². The van der Waals surface area contributed by atoms with Crippen molar-refractivity contribution in [3.05, 3.63) is 144 Å². The number of hydrogen-bond acceptors (Lipinski definition) is 1. The van der Waals surface area contributed by atoms with Gasteiger partial charge in [-0.1, -0.05) is 134 Å². The van der Waals surface area contributed by atoms with Crippen LogP contribution in [0, 0.1) is 10.8 Å². The van der Waals surface area contributed by atoms with Gasteiger partial charge < -0.3 is 4.74 Å². The molecule has 0 spiro atoms. The molecule has 0 N–H and O–H groups in total. The second-order valence-corrected chi connectivity index (χ2v) is 13.9. The lowest BCUT2D eigenvalue weighted by atomic mass is 9.71. The van der Waals surface area contributed by atoms with E-state index in [4.69, 9.17) is 4.74 Å². The summed E-state index contributed by atoms with van der Waals surface area (Å²) in [5.74, 6) is 0. The summed E-state index contributed by atoms with van der Waals surface area (Å²) in [5, 5.41) is 0. The Morgan fingerprint density at radius 3 is 1.00 bits per heavy atom. The number of benzene rings is 4. The summed E-state index contributed by atoms with van der Waals surface area (Å²) in [4.78, 5) is 0. The molecule has 1 heteroatoms. The first kappa shape index (κ1) is 29.9. The van der Waals surface area contributed by atoms with Crippen LogP contribution in [0.15, 0.2) is 121 Å². The predicted molar refractivity (Wildman–Crippen MR) is 180 cm³/mol. The van der Waals surface area contributed by atoms with E-state index in [9.17, 15) is 0 Å². The van der Waals surface area contributed by atoms with E-state index in [0.29, 0.717) is 23.0 Å². The third-order valence-corrected chi connectivity index (χ3v) is 10.5. The molecule has 1 nitrogen and oxygen atoms in total. The second kappa shape index (κ2) is 14.5. The minimum absolute atomic E-state index is 0.310. The lowest BCUT2D eigenvalue weighted by Gasteiger charge is -2.34. The van der Waals surface area contributed by atoms with Gasteiger partial charge in [0.05, 0.1) is 12.2 Å². The summed E-state index contributed by atoms with van der Waals surface area (Å²) in [6.07, 6.45) is 17.9. The molecule has 6 rings (SSSR count). The standard InChI is InChI=1S/C42H50O/c1-5-15-35(16-6-1)31-41(32-36-17-7-2-8-18-36)27-13-23-39(25-29-41)43-40-24-14-28-42(30-26-40,33-37-19-9-3-10-20-37)34-38-21-11-4-12-22-38/h1-12,15-22,39-40H,13-14,23-34H2. The van der Waals surface area contributed by atoms with Gasteiger partial charge in [-0.2, -0.15) is 0 Å². The van der Waals surface area contributed by atoms with Gasteiger partial charge in [0.1, 0.15) is 0 Å². The van der Waals surface area contributed by atoms with Crippen LogP contribution >= 0.6 is 0 Å². The fourth-order valence-electron chi connectivity index (χ4n) is 8.37. The highest BCUT2D eigenvalue weighted by Gasteiger charge is 2.37. The number of hydrogen-bond donors (Lipinski definition) is 0. The van der Waals surface area contributed by atoms with Crippen molar-refractivity contribution in [2.45, 2.75) is 102 Å². The van der Waals surface area contributed by atoms with Crippen molar-refractivity contribution in [3.63, 3.8) is 0 Å². The largest absolute Gasteiger partial charge is 0.375 e. The molecule has 0 amide bonds. The predicted octanol–water partition coefficient (Wildman–Crippen LogP) is 10.6. The molecule has 224 valence electrons. The molecule has 0 aromatic heterocycles. The van der Waals surface area contributed by atoms with Crippen molar-refractivity contribution < 1.29 is 4.74 Å². The molecule has 2 saturated carbocycles. The van der Waals surface area contributed by atoms with E-state index in [1.165, 1.54) is 112 Å². The first-order chi connectivity index (χ1) is 21.2. The van der Waals surface area contributed by atoms with E-state index < -0.39 is 0 Å². The summed E-state index contributed by atoms with van der Waals surface area (Å²) < 4.78 is 7.08. The second-order valence-electron chi connectivity index (χ2n) is 13.9. The Hall–Kier alpha value is -3.16. The molecule has 0 bridgehead atoms. The van der Waals surface area contributed by atoms with Crippen LogP contribution < -0.4 is 0 Å². The molecule has 2 atom stereocenters. The normalized spacial score (nSPS) is 21.9. The Kier molecular flexibility index (Phi) is 10.1. The van der Waals surface area contributed by atoms with Gasteiger partial charge >= 0.3 is 0 Å². The summed E-state index contributed by atoms with van der Waals surface area (Å²) in [5.41, 5.74) is 6.55. The molecule has 0 radical (unpaired) electrons. The summed E-state index contributed by atoms with van der Waals surface area (Å²) in [7, 11) is 0. The molecular weight excluding hydrogens is 520 g/mol. The highest BCUT2D eigenvalue weighted by Crippen LogP contribution is 2.44. The lowest BCUT2D eigenvalue weighted by Crippen LogP contribution is -2.28. The molecule has 0 heterocycles. The Labute approximate surface area is 260 Å². The molecule has 4 aromatic rings. The van der Waals surface area contributed by atoms with Crippen LogP contribution in [-0.2, 0) is 30.4 Å². The van der Waals surface area contributed by atoms with Gasteiger partial charge in [0, 0.05) is 0 Å². The molecule has 2 aliphatic rings. The highest BCUT2D eigenvalue weighted by molar-refractivity contribution is 5.23. The Balaban J connectivity index is 1.12.